The van der Waals surface area contributed by atoms with E-state index in [9.17, 15) is 9.59 Å². The third kappa shape index (κ3) is 3.69. The van der Waals surface area contributed by atoms with Crippen LogP contribution in [0.2, 0.25) is 0 Å². The lowest BCUT2D eigenvalue weighted by molar-refractivity contribution is -0.130. The highest BCUT2D eigenvalue weighted by Gasteiger charge is 2.18. The Morgan fingerprint density at radius 3 is 2.71 bits per heavy atom. The molecule has 3 rings (SSSR count). The van der Waals surface area contributed by atoms with Crippen LogP contribution in [0.4, 0.5) is 0 Å². The van der Waals surface area contributed by atoms with E-state index in [1.165, 1.54) is 0 Å². The number of carbonyl (C=O) groups excluding carboxylic acids is 2. The largest absolute Gasteiger partial charge is 0.355 e. The van der Waals surface area contributed by atoms with Gasteiger partial charge in [0.1, 0.15) is 0 Å². The van der Waals surface area contributed by atoms with Crippen LogP contribution < -0.4 is 5.32 Å². The molecule has 0 radical (unpaired) electrons. The fraction of sp³-hybridized carbons (Fsp3) is 0.562. The van der Waals surface area contributed by atoms with Crippen LogP contribution >= 0.6 is 0 Å². The average Bonchev–Trinajstić information content (AvgIpc) is 3.16. The maximum Gasteiger partial charge on any atom is 0.252 e. The van der Waals surface area contributed by atoms with E-state index in [0.29, 0.717) is 24.6 Å². The first kappa shape index (κ1) is 16.4. The van der Waals surface area contributed by atoms with Gasteiger partial charge in [-0.2, -0.15) is 4.98 Å². The number of fused-ring (bicyclic) bond motifs is 1. The highest BCUT2D eigenvalue weighted by atomic mass is 16.2. The van der Waals surface area contributed by atoms with Crippen LogP contribution in [0.1, 0.15) is 36.5 Å². The van der Waals surface area contributed by atoms with Gasteiger partial charge in [-0.1, -0.05) is 0 Å². The lowest BCUT2D eigenvalue weighted by atomic mass is 10.3. The molecule has 0 unspecified atom stereocenters. The molecular weight excluding hydrogens is 308 g/mol. The molecule has 0 spiro atoms. The molecule has 2 amide bonds. The molecule has 0 bridgehead atoms. The zero-order valence-electron chi connectivity index (χ0n) is 14.1. The Labute approximate surface area is 140 Å². The van der Waals surface area contributed by atoms with Crippen molar-refractivity contribution in [3.05, 3.63) is 23.3 Å². The van der Waals surface area contributed by atoms with Gasteiger partial charge in [0, 0.05) is 37.4 Å². The van der Waals surface area contributed by atoms with E-state index < -0.39 is 0 Å². The normalized spacial score (nSPS) is 14.3. The maximum absolute atomic E-state index is 12.0. The van der Waals surface area contributed by atoms with Crippen molar-refractivity contribution in [3.63, 3.8) is 0 Å². The van der Waals surface area contributed by atoms with E-state index in [1.807, 2.05) is 24.8 Å². The van der Waals surface area contributed by atoms with Gasteiger partial charge in [0.15, 0.2) is 5.82 Å². The molecule has 1 aliphatic heterocycles. The minimum absolute atomic E-state index is 0.0831. The molecule has 1 fully saturated rings. The summed E-state index contributed by atoms with van der Waals surface area (Å²) in [6.07, 6.45) is 2.57. The summed E-state index contributed by atoms with van der Waals surface area (Å²) in [5, 5.41) is 7.07. The molecule has 0 aliphatic carbocycles. The fourth-order valence-corrected chi connectivity index (χ4v) is 2.92. The highest BCUT2D eigenvalue weighted by Crippen LogP contribution is 2.08. The van der Waals surface area contributed by atoms with Crippen LogP contribution in [0.25, 0.3) is 5.78 Å². The second kappa shape index (κ2) is 6.94. The predicted octanol–water partition coefficient (Wildman–Crippen LogP) is 0.412. The lowest BCUT2D eigenvalue weighted by Crippen LogP contribution is -2.33. The molecule has 1 aliphatic rings. The summed E-state index contributed by atoms with van der Waals surface area (Å²) in [7, 11) is 0. The van der Waals surface area contributed by atoms with Crippen LogP contribution in [0, 0.1) is 13.8 Å². The molecule has 1 N–H and O–H groups in total. The first-order valence-electron chi connectivity index (χ1n) is 8.27. The first-order valence-corrected chi connectivity index (χ1v) is 8.27. The van der Waals surface area contributed by atoms with Crippen molar-refractivity contribution in [2.24, 2.45) is 0 Å². The van der Waals surface area contributed by atoms with Gasteiger partial charge in [0.2, 0.25) is 11.8 Å². The Bertz CT molecular complexity index is 763. The number of nitrogens with zero attached hydrogens (tertiary/aromatic N) is 5. The first-order chi connectivity index (χ1) is 11.5. The fourth-order valence-electron chi connectivity index (χ4n) is 2.92. The summed E-state index contributed by atoms with van der Waals surface area (Å²) in [6.45, 7) is 5.83. The molecule has 2 aromatic rings. The van der Waals surface area contributed by atoms with Crippen molar-refractivity contribution in [1.82, 2.24) is 29.8 Å². The van der Waals surface area contributed by atoms with Crippen LogP contribution in [0.3, 0.4) is 0 Å². The molecule has 8 nitrogen and oxygen atoms in total. The van der Waals surface area contributed by atoms with Crippen molar-refractivity contribution in [2.75, 3.05) is 19.6 Å². The van der Waals surface area contributed by atoms with E-state index >= 15 is 0 Å². The number of aromatic nitrogens is 4. The number of likely N-dealkylation sites (tertiary alicyclic amines) is 1. The summed E-state index contributed by atoms with van der Waals surface area (Å²) in [5.41, 5.74) is 1.79. The number of rotatable bonds is 5. The van der Waals surface area contributed by atoms with Crippen molar-refractivity contribution in [3.8, 4) is 0 Å². The second-order valence-electron chi connectivity index (χ2n) is 6.14. The molecule has 0 saturated carbocycles. The lowest BCUT2D eigenvalue weighted by Gasteiger charge is -2.14. The van der Waals surface area contributed by atoms with Crippen LogP contribution in [-0.4, -0.2) is 55.9 Å². The third-order valence-electron chi connectivity index (χ3n) is 4.10. The van der Waals surface area contributed by atoms with E-state index in [4.69, 9.17) is 0 Å². The number of nitrogens with one attached hydrogen (secondary N) is 1. The molecule has 0 aromatic carbocycles. The summed E-state index contributed by atoms with van der Waals surface area (Å²) in [6, 6.07) is 1.91. The number of aryl methyl sites for hydroxylation is 2. The van der Waals surface area contributed by atoms with Gasteiger partial charge in [0.05, 0.1) is 6.42 Å². The summed E-state index contributed by atoms with van der Waals surface area (Å²) in [4.78, 5) is 34.3. The molecule has 1 saturated heterocycles. The molecule has 128 valence electrons. The highest BCUT2D eigenvalue weighted by molar-refractivity contribution is 5.80. The Balaban J connectivity index is 1.51. The predicted molar refractivity (Wildman–Crippen MR) is 87.4 cm³/mol. The molecule has 24 heavy (non-hydrogen) atoms. The van der Waals surface area contributed by atoms with Crippen LogP contribution in [-0.2, 0) is 16.0 Å². The molecular formula is C16H22N6O2. The molecule has 8 heteroatoms. The van der Waals surface area contributed by atoms with Gasteiger partial charge >= 0.3 is 0 Å². The summed E-state index contributed by atoms with van der Waals surface area (Å²) in [5.74, 6) is 0.850. The van der Waals surface area contributed by atoms with Crippen LogP contribution in [0.15, 0.2) is 6.07 Å². The second-order valence-corrected chi connectivity index (χ2v) is 6.14. The van der Waals surface area contributed by atoms with E-state index in [-0.39, 0.29) is 18.2 Å². The topological polar surface area (TPSA) is 92.5 Å². The zero-order chi connectivity index (χ0) is 17.1. The van der Waals surface area contributed by atoms with Crippen molar-refractivity contribution in [2.45, 2.75) is 39.5 Å². The smallest absolute Gasteiger partial charge is 0.252 e. The monoisotopic (exact) mass is 330 g/mol. The summed E-state index contributed by atoms with van der Waals surface area (Å²) < 4.78 is 1.63. The standard InChI is InChI=1S/C16H22N6O2/c1-11-9-12(2)22-16(18-11)19-13(20-22)10-14(23)17-6-5-15(24)21-7-3-4-8-21/h9H,3-8,10H2,1-2H3,(H,17,23). The Morgan fingerprint density at radius 1 is 1.21 bits per heavy atom. The Kier molecular flexibility index (Phi) is 4.73. The SMILES string of the molecule is Cc1cc(C)n2nc(CC(=O)NCCC(=O)N3CCCC3)nc2n1. The minimum atomic E-state index is -0.186. The van der Waals surface area contributed by atoms with Gasteiger partial charge in [-0.05, 0) is 32.8 Å². The zero-order valence-corrected chi connectivity index (χ0v) is 14.1. The van der Waals surface area contributed by atoms with Crippen molar-refractivity contribution >= 4 is 17.6 Å². The summed E-state index contributed by atoms with van der Waals surface area (Å²) >= 11 is 0. The molecule has 3 heterocycles. The van der Waals surface area contributed by atoms with Crippen molar-refractivity contribution < 1.29 is 9.59 Å². The van der Waals surface area contributed by atoms with Gasteiger partial charge < -0.3 is 10.2 Å². The average molecular weight is 330 g/mol. The Hall–Kier alpha value is -2.51. The number of hydrogen-bond acceptors (Lipinski definition) is 5. The number of amides is 2. The Morgan fingerprint density at radius 2 is 1.96 bits per heavy atom. The van der Waals surface area contributed by atoms with E-state index in [1.54, 1.807) is 4.52 Å². The van der Waals surface area contributed by atoms with Gasteiger partial charge in [-0.15, -0.1) is 5.10 Å². The van der Waals surface area contributed by atoms with Crippen LogP contribution in [0.5, 0.6) is 0 Å². The third-order valence-corrected chi connectivity index (χ3v) is 4.10. The number of hydrogen-bond donors (Lipinski definition) is 1. The number of carbonyl (C=O) groups is 2. The van der Waals surface area contributed by atoms with E-state index in [0.717, 1.165) is 37.3 Å². The van der Waals surface area contributed by atoms with Crippen molar-refractivity contribution in [1.29, 1.82) is 0 Å². The van der Waals surface area contributed by atoms with Gasteiger partial charge in [-0.3, -0.25) is 9.59 Å². The quantitative estimate of drug-likeness (QED) is 0.857. The molecule has 0 atom stereocenters. The maximum atomic E-state index is 12.0. The van der Waals surface area contributed by atoms with Gasteiger partial charge in [0.25, 0.3) is 5.78 Å². The minimum Gasteiger partial charge on any atom is -0.355 e. The molecule has 2 aromatic heterocycles. The van der Waals surface area contributed by atoms with E-state index in [2.05, 4.69) is 20.4 Å². The van der Waals surface area contributed by atoms with Gasteiger partial charge in [-0.25, -0.2) is 9.50 Å².